The summed E-state index contributed by atoms with van der Waals surface area (Å²) in [4.78, 5) is 0. The Labute approximate surface area is 102 Å². The van der Waals surface area contributed by atoms with Gasteiger partial charge in [0.2, 0.25) is 0 Å². The maximum Gasteiger partial charge on any atom is 0.130 e. The van der Waals surface area contributed by atoms with Gasteiger partial charge in [0.1, 0.15) is 11.6 Å². The van der Waals surface area contributed by atoms with Crippen LogP contribution in [0, 0.1) is 5.82 Å². The number of hydrogen-bond acceptors (Lipinski definition) is 2. The van der Waals surface area contributed by atoms with Crippen molar-refractivity contribution in [2.75, 3.05) is 20.2 Å². The molecular weight excluding hydrogens is 217 g/mol. The van der Waals surface area contributed by atoms with Crippen LogP contribution in [0.4, 0.5) is 4.39 Å². The maximum atomic E-state index is 13.7. The highest BCUT2D eigenvalue weighted by atomic mass is 19.1. The summed E-state index contributed by atoms with van der Waals surface area (Å²) in [7, 11) is 1.61. The van der Waals surface area contributed by atoms with Crippen LogP contribution in [0.2, 0.25) is 0 Å². The Morgan fingerprint density at radius 1 is 1.47 bits per heavy atom. The first-order chi connectivity index (χ1) is 8.26. The summed E-state index contributed by atoms with van der Waals surface area (Å²) in [6.45, 7) is 4.03. The van der Waals surface area contributed by atoms with Gasteiger partial charge in [-0.05, 0) is 43.0 Å². The van der Waals surface area contributed by atoms with Crippen LogP contribution in [-0.2, 0) is 6.42 Å². The molecule has 1 fully saturated rings. The number of benzene rings is 1. The summed E-state index contributed by atoms with van der Waals surface area (Å²) < 4.78 is 19.0. The molecule has 1 aromatic rings. The molecule has 2 rings (SSSR count). The molecule has 1 N–H and O–H groups in total. The summed E-state index contributed by atoms with van der Waals surface area (Å²) in [5.74, 6) is 0.981. The van der Waals surface area contributed by atoms with E-state index in [1.54, 1.807) is 7.11 Å². The fourth-order valence-electron chi connectivity index (χ4n) is 2.50. The normalized spacial score (nSPS) is 20.3. The molecule has 1 heterocycles. The number of methoxy groups -OCH3 is 1. The van der Waals surface area contributed by atoms with E-state index in [9.17, 15) is 4.39 Å². The summed E-state index contributed by atoms with van der Waals surface area (Å²) in [5.41, 5.74) is 1.93. The summed E-state index contributed by atoms with van der Waals surface area (Å²) in [6, 6.07) is 3.51. The molecule has 0 saturated carbocycles. The van der Waals surface area contributed by atoms with Gasteiger partial charge in [0.25, 0.3) is 0 Å². The first-order valence-corrected chi connectivity index (χ1v) is 6.33. The Bertz CT molecular complexity index is 386. The largest absolute Gasteiger partial charge is 0.496 e. The molecule has 0 bridgehead atoms. The molecule has 0 aliphatic carbocycles. The van der Waals surface area contributed by atoms with Gasteiger partial charge in [-0.2, -0.15) is 0 Å². The second-order valence-corrected chi connectivity index (χ2v) is 4.58. The van der Waals surface area contributed by atoms with Crippen LogP contribution in [0.1, 0.15) is 36.8 Å². The van der Waals surface area contributed by atoms with Crippen molar-refractivity contribution >= 4 is 0 Å². The Kier molecular flexibility index (Phi) is 4.00. The van der Waals surface area contributed by atoms with E-state index >= 15 is 0 Å². The number of ether oxygens (including phenoxy) is 1. The van der Waals surface area contributed by atoms with Gasteiger partial charge >= 0.3 is 0 Å². The molecule has 0 amide bonds. The molecule has 1 atom stereocenters. The topological polar surface area (TPSA) is 21.3 Å². The van der Waals surface area contributed by atoms with E-state index < -0.39 is 0 Å². The molecular formula is C14H20FNO. The Morgan fingerprint density at radius 2 is 2.29 bits per heavy atom. The van der Waals surface area contributed by atoms with Crippen LogP contribution in [0.5, 0.6) is 5.75 Å². The number of hydrogen-bond donors (Lipinski definition) is 1. The lowest BCUT2D eigenvalue weighted by Gasteiger charge is -2.25. The van der Waals surface area contributed by atoms with Gasteiger partial charge in [0.05, 0.1) is 7.11 Å². The average Bonchev–Trinajstić information content (AvgIpc) is 2.39. The Balaban J connectivity index is 2.35. The van der Waals surface area contributed by atoms with Crippen LogP contribution >= 0.6 is 0 Å². The zero-order chi connectivity index (χ0) is 12.3. The summed E-state index contributed by atoms with van der Waals surface area (Å²) >= 11 is 0. The molecule has 2 nitrogen and oxygen atoms in total. The minimum absolute atomic E-state index is 0.156. The van der Waals surface area contributed by atoms with E-state index in [0.29, 0.717) is 11.7 Å². The summed E-state index contributed by atoms with van der Waals surface area (Å²) in [5, 5.41) is 3.39. The zero-order valence-electron chi connectivity index (χ0n) is 10.6. The molecule has 0 radical (unpaired) electrons. The highest BCUT2D eigenvalue weighted by molar-refractivity contribution is 5.41. The molecule has 17 heavy (non-hydrogen) atoms. The predicted octanol–water partition coefficient (Wildman–Crippen LogP) is 2.86. The average molecular weight is 237 g/mol. The highest BCUT2D eigenvalue weighted by Gasteiger charge is 2.20. The lowest BCUT2D eigenvalue weighted by Crippen LogP contribution is -2.28. The van der Waals surface area contributed by atoms with E-state index in [1.807, 2.05) is 13.0 Å². The molecule has 1 aliphatic rings. The molecule has 3 heteroatoms. The molecule has 1 saturated heterocycles. The second kappa shape index (κ2) is 5.50. The van der Waals surface area contributed by atoms with Gasteiger partial charge in [-0.1, -0.05) is 6.92 Å². The predicted molar refractivity (Wildman–Crippen MR) is 67.2 cm³/mol. The van der Waals surface area contributed by atoms with Crippen LogP contribution < -0.4 is 10.1 Å². The number of aryl methyl sites for hydroxylation is 1. The Hall–Kier alpha value is -1.09. The lowest BCUT2D eigenvalue weighted by atomic mass is 9.89. The number of nitrogens with one attached hydrogen (secondary N) is 1. The van der Waals surface area contributed by atoms with Crippen molar-refractivity contribution in [1.82, 2.24) is 5.32 Å². The van der Waals surface area contributed by atoms with Gasteiger partial charge in [0.15, 0.2) is 0 Å². The first kappa shape index (κ1) is 12.4. The highest BCUT2D eigenvalue weighted by Crippen LogP contribution is 2.33. The van der Waals surface area contributed by atoms with Crippen molar-refractivity contribution in [2.24, 2.45) is 0 Å². The van der Waals surface area contributed by atoms with Gasteiger partial charge in [-0.3, -0.25) is 0 Å². The third-order valence-corrected chi connectivity index (χ3v) is 3.52. The standard InChI is InChI=1S/C14H20FNO/c1-3-10-7-12(11-5-4-6-16-9-11)14(17-2)8-13(10)15/h7-8,11,16H,3-6,9H2,1-2H3. The quantitative estimate of drug-likeness (QED) is 0.872. The minimum Gasteiger partial charge on any atom is -0.496 e. The minimum atomic E-state index is -0.156. The van der Waals surface area contributed by atoms with Gasteiger partial charge in [-0.25, -0.2) is 4.39 Å². The van der Waals surface area contributed by atoms with E-state index in [4.69, 9.17) is 4.74 Å². The van der Waals surface area contributed by atoms with Crippen LogP contribution in [0.15, 0.2) is 12.1 Å². The molecule has 94 valence electrons. The molecule has 1 aliphatic heterocycles. The summed E-state index contributed by atoms with van der Waals surface area (Å²) in [6.07, 6.45) is 3.05. The Morgan fingerprint density at radius 3 is 2.88 bits per heavy atom. The first-order valence-electron chi connectivity index (χ1n) is 6.33. The second-order valence-electron chi connectivity index (χ2n) is 4.58. The lowest BCUT2D eigenvalue weighted by molar-refractivity contribution is 0.388. The van der Waals surface area contributed by atoms with Crippen LogP contribution in [-0.4, -0.2) is 20.2 Å². The zero-order valence-corrected chi connectivity index (χ0v) is 10.6. The van der Waals surface area contributed by atoms with E-state index in [0.717, 1.165) is 37.1 Å². The van der Waals surface area contributed by atoms with Crippen LogP contribution in [0.3, 0.4) is 0 Å². The monoisotopic (exact) mass is 237 g/mol. The maximum absolute atomic E-state index is 13.7. The SMILES string of the molecule is CCc1cc(C2CCCNC2)c(OC)cc1F. The molecule has 0 aromatic heterocycles. The smallest absolute Gasteiger partial charge is 0.130 e. The van der Waals surface area contributed by atoms with E-state index in [2.05, 4.69) is 5.32 Å². The molecule has 1 aromatic carbocycles. The van der Waals surface area contributed by atoms with Crippen molar-refractivity contribution in [3.05, 3.63) is 29.1 Å². The fourth-order valence-corrected chi connectivity index (χ4v) is 2.50. The van der Waals surface area contributed by atoms with Crippen LogP contribution in [0.25, 0.3) is 0 Å². The van der Waals surface area contributed by atoms with Crippen molar-refractivity contribution < 1.29 is 9.13 Å². The van der Waals surface area contributed by atoms with E-state index in [1.165, 1.54) is 12.5 Å². The van der Waals surface area contributed by atoms with Gasteiger partial charge < -0.3 is 10.1 Å². The molecule has 0 spiro atoms. The third-order valence-electron chi connectivity index (χ3n) is 3.52. The number of halogens is 1. The number of rotatable bonds is 3. The van der Waals surface area contributed by atoms with Gasteiger partial charge in [-0.15, -0.1) is 0 Å². The van der Waals surface area contributed by atoms with Crippen molar-refractivity contribution in [1.29, 1.82) is 0 Å². The van der Waals surface area contributed by atoms with Crippen molar-refractivity contribution in [3.8, 4) is 5.75 Å². The van der Waals surface area contributed by atoms with Gasteiger partial charge in [0, 0.05) is 18.5 Å². The van der Waals surface area contributed by atoms with Crippen molar-refractivity contribution in [2.45, 2.75) is 32.1 Å². The van der Waals surface area contributed by atoms with E-state index in [-0.39, 0.29) is 5.82 Å². The van der Waals surface area contributed by atoms with Crippen molar-refractivity contribution in [3.63, 3.8) is 0 Å². The molecule has 1 unspecified atom stereocenters. The fraction of sp³-hybridized carbons (Fsp3) is 0.571. The number of piperidine rings is 1. The third kappa shape index (κ3) is 2.60.